The summed E-state index contributed by atoms with van der Waals surface area (Å²) in [7, 11) is 0. The summed E-state index contributed by atoms with van der Waals surface area (Å²) in [4.78, 5) is 19.6. The Bertz CT molecular complexity index is 1040. The Kier molecular flexibility index (Phi) is 4.90. The van der Waals surface area contributed by atoms with E-state index in [0.717, 1.165) is 33.9 Å². The van der Waals surface area contributed by atoms with Crippen LogP contribution in [0.25, 0.3) is 11.0 Å². The zero-order valence-electron chi connectivity index (χ0n) is 16.4. The summed E-state index contributed by atoms with van der Waals surface area (Å²) in [5.41, 5.74) is 3.94. The number of ether oxygens (including phenoxy) is 1. The number of nitrogens with zero attached hydrogens (tertiary/aromatic N) is 3. The number of para-hydroxylation sites is 4. The van der Waals surface area contributed by atoms with Crippen LogP contribution in [0.3, 0.4) is 0 Å². The third-order valence-corrected chi connectivity index (χ3v) is 5.06. The van der Waals surface area contributed by atoms with Crippen LogP contribution in [0.2, 0.25) is 0 Å². The minimum Gasteiger partial charge on any atom is -0.492 e. The van der Waals surface area contributed by atoms with Gasteiger partial charge in [-0.3, -0.25) is 4.79 Å². The lowest BCUT2D eigenvalue weighted by Gasteiger charge is -2.20. The molecule has 1 atom stereocenters. The Morgan fingerprint density at radius 2 is 1.96 bits per heavy atom. The van der Waals surface area contributed by atoms with Gasteiger partial charge in [0, 0.05) is 25.4 Å². The van der Waals surface area contributed by atoms with Crippen molar-refractivity contribution in [2.24, 2.45) is 0 Å². The molecule has 5 nitrogen and oxygen atoms in total. The van der Waals surface area contributed by atoms with Gasteiger partial charge in [-0.05, 0) is 38.1 Å². The van der Waals surface area contributed by atoms with Crippen LogP contribution in [-0.2, 0) is 11.3 Å². The molecule has 1 fully saturated rings. The largest absolute Gasteiger partial charge is 0.492 e. The second-order valence-electron chi connectivity index (χ2n) is 7.31. The van der Waals surface area contributed by atoms with E-state index in [1.165, 1.54) is 0 Å². The molecular formula is C23H25N3O2. The van der Waals surface area contributed by atoms with E-state index in [2.05, 4.69) is 17.2 Å². The van der Waals surface area contributed by atoms with Crippen molar-refractivity contribution in [3.05, 3.63) is 66.5 Å². The summed E-state index contributed by atoms with van der Waals surface area (Å²) in [5, 5.41) is 0. The predicted molar refractivity (Wildman–Crippen MR) is 112 cm³/mol. The van der Waals surface area contributed by atoms with E-state index in [-0.39, 0.29) is 11.8 Å². The number of aromatic nitrogens is 2. The topological polar surface area (TPSA) is 47.4 Å². The molecule has 1 amide bonds. The lowest BCUT2D eigenvalue weighted by atomic mass is 10.1. The van der Waals surface area contributed by atoms with E-state index in [1.807, 2.05) is 61.2 Å². The van der Waals surface area contributed by atoms with Gasteiger partial charge in [0.15, 0.2) is 0 Å². The van der Waals surface area contributed by atoms with Gasteiger partial charge in [-0.25, -0.2) is 4.98 Å². The normalized spacial score (nSPS) is 16.7. The van der Waals surface area contributed by atoms with Crippen LogP contribution < -0.4 is 9.64 Å². The molecule has 1 aliphatic heterocycles. The van der Waals surface area contributed by atoms with E-state index in [4.69, 9.17) is 9.72 Å². The summed E-state index contributed by atoms with van der Waals surface area (Å²) < 4.78 is 7.94. The average molecular weight is 375 g/mol. The van der Waals surface area contributed by atoms with Crippen LogP contribution in [-0.4, -0.2) is 28.6 Å². The first kappa shape index (κ1) is 18.3. The number of amides is 1. The maximum Gasteiger partial charge on any atom is 0.227 e. The first-order chi connectivity index (χ1) is 13.6. The summed E-state index contributed by atoms with van der Waals surface area (Å²) in [5.74, 6) is 1.84. The van der Waals surface area contributed by atoms with Crippen molar-refractivity contribution in [2.75, 3.05) is 18.1 Å². The van der Waals surface area contributed by atoms with E-state index >= 15 is 0 Å². The minimum atomic E-state index is 0.0360. The fourth-order valence-corrected chi connectivity index (χ4v) is 3.91. The van der Waals surface area contributed by atoms with Gasteiger partial charge in [-0.1, -0.05) is 36.4 Å². The van der Waals surface area contributed by atoms with Crippen molar-refractivity contribution >= 4 is 22.6 Å². The molecule has 3 aromatic rings. The zero-order valence-corrected chi connectivity index (χ0v) is 16.4. The molecule has 0 aliphatic carbocycles. The van der Waals surface area contributed by atoms with Gasteiger partial charge < -0.3 is 14.2 Å². The van der Waals surface area contributed by atoms with Crippen molar-refractivity contribution in [1.82, 2.24) is 9.55 Å². The van der Waals surface area contributed by atoms with Gasteiger partial charge in [-0.15, -0.1) is 0 Å². The van der Waals surface area contributed by atoms with Crippen LogP contribution >= 0.6 is 0 Å². The number of imidazole rings is 1. The Morgan fingerprint density at radius 3 is 2.75 bits per heavy atom. The number of hydrogen-bond acceptors (Lipinski definition) is 3. The average Bonchev–Trinajstić information content (AvgIpc) is 3.23. The molecule has 0 spiro atoms. The van der Waals surface area contributed by atoms with Gasteiger partial charge >= 0.3 is 0 Å². The second kappa shape index (κ2) is 7.50. The van der Waals surface area contributed by atoms with Gasteiger partial charge in [-0.2, -0.15) is 0 Å². The molecule has 1 aliphatic rings. The molecule has 28 heavy (non-hydrogen) atoms. The number of hydrogen-bond donors (Lipinski definition) is 0. The number of benzene rings is 2. The Hall–Kier alpha value is -3.08. The Balaban J connectivity index is 1.71. The van der Waals surface area contributed by atoms with Gasteiger partial charge in [0.05, 0.1) is 23.3 Å². The van der Waals surface area contributed by atoms with E-state index in [0.29, 0.717) is 26.1 Å². The van der Waals surface area contributed by atoms with E-state index < -0.39 is 0 Å². The van der Waals surface area contributed by atoms with Gasteiger partial charge in [0.25, 0.3) is 0 Å². The number of allylic oxidation sites excluding steroid dienone is 1. The second-order valence-corrected chi connectivity index (χ2v) is 7.31. The number of carbonyl (C=O) groups is 1. The van der Waals surface area contributed by atoms with Crippen LogP contribution in [0.15, 0.2) is 60.7 Å². The summed E-state index contributed by atoms with van der Waals surface area (Å²) in [6, 6.07) is 15.8. The van der Waals surface area contributed by atoms with Crippen LogP contribution in [0.1, 0.15) is 32.0 Å². The van der Waals surface area contributed by atoms with Crippen LogP contribution in [0.4, 0.5) is 5.69 Å². The molecule has 0 unspecified atom stereocenters. The van der Waals surface area contributed by atoms with E-state index in [1.54, 1.807) is 0 Å². The summed E-state index contributed by atoms with van der Waals surface area (Å²) >= 11 is 0. The van der Waals surface area contributed by atoms with Gasteiger partial charge in [0.1, 0.15) is 11.6 Å². The Morgan fingerprint density at radius 1 is 1.21 bits per heavy atom. The molecule has 5 heteroatoms. The van der Waals surface area contributed by atoms with Crippen molar-refractivity contribution in [3.8, 4) is 5.75 Å². The zero-order chi connectivity index (χ0) is 19.7. The number of fused-ring (bicyclic) bond motifs is 1. The molecule has 0 N–H and O–H groups in total. The number of anilines is 1. The molecular weight excluding hydrogens is 350 g/mol. The Labute approximate surface area is 165 Å². The number of rotatable bonds is 6. The number of carbonyl (C=O) groups excluding carboxylic acids is 1. The SMILES string of the molecule is C=C(C)Cn1c([C@H]2CC(=O)N(c3ccccc3OCC)C2)nc2ccccc21. The first-order valence-electron chi connectivity index (χ1n) is 9.70. The molecule has 4 rings (SSSR count). The maximum atomic E-state index is 12.9. The quantitative estimate of drug-likeness (QED) is 0.595. The fraction of sp³-hybridized carbons (Fsp3) is 0.304. The highest BCUT2D eigenvalue weighted by atomic mass is 16.5. The lowest BCUT2D eigenvalue weighted by molar-refractivity contribution is -0.117. The van der Waals surface area contributed by atoms with Crippen LogP contribution in [0.5, 0.6) is 5.75 Å². The highest BCUT2D eigenvalue weighted by molar-refractivity contribution is 5.97. The first-order valence-corrected chi connectivity index (χ1v) is 9.70. The molecule has 2 aromatic carbocycles. The molecule has 0 bridgehead atoms. The van der Waals surface area contributed by atoms with E-state index in [9.17, 15) is 4.79 Å². The third-order valence-electron chi connectivity index (χ3n) is 5.06. The maximum absolute atomic E-state index is 12.9. The lowest BCUT2D eigenvalue weighted by Crippen LogP contribution is -2.25. The van der Waals surface area contributed by atoms with Crippen molar-refractivity contribution in [1.29, 1.82) is 0 Å². The highest BCUT2D eigenvalue weighted by Gasteiger charge is 2.35. The predicted octanol–water partition coefficient (Wildman–Crippen LogP) is 4.53. The summed E-state index contributed by atoms with van der Waals surface area (Å²) in [6.45, 7) is 9.91. The molecule has 0 saturated carbocycles. The molecule has 1 aromatic heterocycles. The molecule has 1 saturated heterocycles. The minimum absolute atomic E-state index is 0.0360. The molecule has 2 heterocycles. The molecule has 144 valence electrons. The van der Waals surface area contributed by atoms with Gasteiger partial charge in [0.2, 0.25) is 5.91 Å². The van der Waals surface area contributed by atoms with Crippen molar-refractivity contribution in [2.45, 2.75) is 32.7 Å². The standard InChI is InChI=1S/C23H25N3O2/c1-4-28-21-12-8-7-11-20(21)25-15-17(13-22(25)27)23-24-18-9-5-6-10-19(18)26(23)14-16(2)3/h5-12,17H,2,4,13-15H2,1,3H3/t17-/m0/s1. The third kappa shape index (κ3) is 3.28. The fourth-order valence-electron chi connectivity index (χ4n) is 3.91. The van der Waals surface area contributed by atoms with Crippen molar-refractivity contribution in [3.63, 3.8) is 0 Å². The highest BCUT2D eigenvalue weighted by Crippen LogP contribution is 2.37. The van der Waals surface area contributed by atoms with Crippen LogP contribution in [0, 0.1) is 0 Å². The van der Waals surface area contributed by atoms with Crippen molar-refractivity contribution < 1.29 is 9.53 Å². The molecule has 0 radical (unpaired) electrons. The monoisotopic (exact) mass is 375 g/mol. The summed E-state index contributed by atoms with van der Waals surface area (Å²) in [6.07, 6.45) is 0.444. The smallest absolute Gasteiger partial charge is 0.227 e.